The highest BCUT2D eigenvalue weighted by atomic mass is 35.5. The third-order valence-electron chi connectivity index (χ3n) is 5.46. The molecule has 0 heterocycles. The molecule has 2 aromatic rings. The van der Waals surface area contributed by atoms with Crippen molar-refractivity contribution < 1.29 is 22.4 Å². The number of rotatable bonds is 6. The summed E-state index contributed by atoms with van der Waals surface area (Å²) in [7, 11) is 1.52. The molecule has 0 aromatic heterocycles. The van der Waals surface area contributed by atoms with E-state index in [-0.39, 0.29) is 11.5 Å². The average molecular weight is 464 g/mol. The van der Waals surface area contributed by atoms with Crippen LogP contribution in [0.25, 0.3) is 0 Å². The van der Waals surface area contributed by atoms with Crippen molar-refractivity contribution in [2.45, 2.75) is 51.2 Å². The molecule has 0 spiro atoms. The molecule has 0 bridgehead atoms. The first-order valence-electron chi connectivity index (χ1n) is 9.42. The molecule has 0 saturated heterocycles. The molecule has 164 valence electrons. The Bertz CT molecular complexity index is 932. The number of amides is 1. The van der Waals surface area contributed by atoms with Crippen LogP contribution < -0.4 is 0 Å². The number of halogens is 6. The van der Waals surface area contributed by atoms with Gasteiger partial charge in [0, 0.05) is 7.05 Å². The number of hydrogen-bond acceptors (Lipinski definition) is 1. The molecule has 0 aliphatic rings. The number of likely N-dealkylation sites (N-methyl/N-ethyl adjacent to an activating group) is 1. The van der Waals surface area contributed by atoms with Crippen LogP contribution in [0.4, 0.5) is 17.6 Å². The first kappa shape index (κ1) is 24.5. The van der Waals surface area contributed by atoms with Crippen molar-refractivity contribution >= 4 is 29.1 Å². The highest BCUT2D eigenvalue weighted by Gasteiger charge is 2.39. The van der Waals surface area contributed by atoms with E-state index in [2.05, 4.69) is 0 Å². The minimum Gasteiger partial charge on any atom is -0.338 e. The zero-order valence-electron chi connectivity index (χ0n) is 17.1. The molecule has 30 heavy (non-hydrogen) atoms. The van der Waals surface area contributed by atoms with E-state index in [1.54, 1.807) is 32.0 Å². The maximum atomic E-state index is 13.6. The Morgan fingerprint density at radius 1 is 1.10 bits per heavy atom. The lowest BCUT2D eigenvalue weighted by atomic mass is 9.77. The minimum atomic E-state index is -4.82. The van der Waals surface area contributed by atoms with Gasteiger partial charge in [0.2, 0.25) is 5.91 Å². The SMILES string of the molecule is CCCC(C)(C(=O)N(C)C(C)c1ccc(F)c(C(F)(F)F)c1)c1ccc(Cl)c(Cl)c1. The molecule has 2 nitrogen and oxygen atoms in total. The first-order chi connectivity index (χ1) is 13.8. The third kappa shape index (κ3) is 4.92. The number of hydrogen-bond donors (Lipinski definition) is 0. The Labute approximate surface area is 183 Å². The van der Waals surface area contributed by atoms with Gasteiger partial charge in [0.25, 0.3) is 0 Å². The summed E-state index contributed by atoms with van der Waals surface area (Å²) in [5.41, 5.74) is -1.46. The summed E-state index contributed by atoms with van der Waals surface area (Å²) in [6.45, 7) is 5.31. The van der Waals surface area contributed by atoms with Crippen molar-refractivity contribution in [2.24, 2.45) is 0 Å². The molecule has 1 amide bonds. The fourth-order valence-corrected chi connectivity index (χ4v) is 3.82. The van der Waals surface area contributed by atoms with E-state index in [0.717, 1.165) is 12.1 Å². The molecule has 0 radical (unpaired) electrons. The van der Waals surface area contributed by atoms with Gasteiger partial charge < -0.3 is 4.90 Å². The van der Waals surface area contributed by atoms with Crippen molar-refractivity contribution in [1.29, 1.82) is 0 Å². The van der Waals surface area contributed by atoms with Crippen LogP contribution in [0.1, 0.15) is 56.3 Å². The highest BCUT2D eigenvalue weighted by molar-refractivity contribution is 6.42. The quantitative estimate of drug-likeness (QED) is 0.407. The molecule has 8 heteroatoms. The second kappa shape index (κ2) is 9.15. The fraction of sp³-hybridized carbons (Fsp3) is 0.409. The molecule has 0 aliphatic carbocycles. The lowest BCUT2D eigenvalue weighted by Crippen LogP contribution is -2.44. The van der Waals surface area contributed by atoms with Gasteiger partial charge in [0.1, 0.15) is 5.82 Å². The molecule has 2 unspecified atom stereocenters. The molecule has 2 rings (SSSR count). The maximum Gasteiger partial charge on any atom is 0.419 e. The van der Waals surface area contributed by atoms with Gasteiger partial charge in [-0.25, -0.2) is 4.39 Å². The van der Waals surface area contributed by atoms with E-state index in [4.69, 9.17) is 23.2 Å². The predicted octanol–water partition coefficient (Wildman–Crippen LogP) is 7.43. The summed E-state index contributed by atoms with van der Waals surface area (Å²) in [6, 6.07) is 7.04. The van der Waals surface area contributed by atoms with Crippen LogP contribution >= 0.6 is 23.2 Å². The van der Waals surface area contributed by atoms with Crippen molar-refractivity contribution in [2.75, 3.05) is 7.05 Å². The molecular formula is C22H23Cl2F4NO. The number of carbonyl (C=O) groups is 1. The normalized spacial score (nSPS) is 14.9. The van der Waals surface area contributed by atoms with Crippen LogP contribution in [0.15, 0.2) is 36.4 Å². The molecule has 2 atom stereocenters. The van der Waals surface area contributed by atoms with Gasteiger partial charge in [-0.05, 0) is 55.7 Å². The second-order valence-corrected chi connectivity index (χ2v) is 8.35. The van der Waals surface area contributed by atoms with Gasteiger partial charge in [0.05, 0.1) is 27.1 Å². The van der Waals surface area contributed by atoms with Crippen molar-refractivity contribution in [3.8, 4) is 0 Å². The number of nitrogens with zero attached hydrogens (tertiary/aromatic N) is 1. The smallest absolute Gasteiger partial charge is 0.338 e. The Kier molecular flexibility index (Phi) is 7.46. The predicted molar refractivity (Wildman–Crippen MR) is 111 cm³/mol. The lowest BCUT2D eigenvalue weighted by molar-refractivity contribution is -0.140. The molecule has 0 N–H and O–H groups in total. The minimum absolute atomic E-state index is 0.188. The largest absolute Gasteiger partial charge is 0.419 e. The Morgan fingerprint density at radius 2 is 1.73 bits per heavy atom. The van der Waals surface area contributed by atoms with Crippen LogP contribution in [0, 0.1) is 5.82 Å². The average Bonchev–Trinajstić information content (AvgIpc) is 2.67. The third-order valence-corrected chi connectivity index (χ3v) is 6.20. The summed E-state index contributed by atoms with van der Waals surface area (Å²) in [4.78, 5) is 14.8. The summed E-state index contributed by atoms with van der Waals surface area (Å²) >= 11 is 12.1. The van der Waals surface area contributed by atoms with Crippen LogP contribution in [0.3, 0.4) is 0 Å². The monoisotopic (exact) mass is 463 g/mol. The second-order valence-electron chi connectivity index (χ2n) is 7.54. The zero-order valence-corrected chi connectivity index (χ0v) is 18.6. The lowest BCUT2D eigenvalue weighted by Gasteiger charge is -2.36. The van der Waals surface area contributed by atoms with Gasteiger partial charge >= 0.3 is 6.18 Å². The van der Waals surface area contributed by atoms with E-state index in [0.29, 0.717) is 28.5 Å². The standard InChI is InChI=1S/C22H23Cl2F4NO/c1-5-10-21(3,15-7-8-17(23)18(24)12-15)20(30)29(4)13(2)14-6-9-19(25)16(11-14)22(26,27)28/h6-9,11-13H,5,10H2,1-4H3. The van der Waals surface area contributed by atoms with Gasteiger partial charge in [-0.1, -0.05) is 48.7 Å². The highest BCUT2D eigenvalue weighted by Crippen LogP contribution is 2.38. The summed E-state index contributed by atoms with van der Waals surface area (Å²) in [6.07, 6.45) is -3.63. The Balaban J connectivity index is 2.43. The molecule has 0 saturated carbocycles. The van der Waals surface area contributed by atoms with Gasteiger partial charge in [-0.2, -0.15) is 13.2 Å². The number of alkyl halides is 3. The van der Waals surface area contributed by atoms with Crippen LogP contribution in [-0.2, 0) is 16.4 Å². The fourth-order valence-electron chi connectivity index (χ4n) is 3.52. The maximum absolute atomic E-state index is 13.6. The zero-order chi connectivity index (χ0) is 22.9. The van der Waals surface area contributed by atoms with Crippen molar-refractivity contribution in [1.82, 2.24) is 4.90 Å². The van der Waals surface area contributed by atoms with E-state index in [9.17, 15) is 22.4 Å². The van der Waals surface area contributed by atoms with Gasteiger partial charge in [0.15, 0.2) is 0 Å². The van der Waals surface area contributed by atoms with E-state index >= 15 is 0 Å². The van der Waals surface area contributed by atoms with E-state index < -0.39 is 29.0 Å². The van der Waals surface area contributed by atoms with Crippen molar-refractivity contribution in [3.63, 3.8) is 0 Å². The molecule has 0 aliphatic heterocycles. The van der Waals surface area contributed by atoms with Gasteiger partial charge in [-0.3, -0.25) is 4.79 Å². The summed E-state index contributed by atoms with van der Waals surface area (Å²) < 4.78 is 52.9. The van der Waals surface area contributed by atoms with Crippen LogP contribution in [-0.4, -0.2) is 17.9 Å². The van der Waals surface area contributed by atoms with Crippen LogP contribution in [0.5, 0.6) is 0 Å². The molecule has 0 fully saturated rings. The van der Waals surface area contributed by atoms with E-state index in [1.807, 2.05) is 6.92 Å². The topological polar surface area (TPSA) is 20.3 Å². The molecular weight excluding hydrogens is 441 g/mol. The van der Waals surface area contributed by atoms with Crippen LogP contribution in [0.2, 0.25) is 10.0 Å². The summed E-state index contributed by atoms with van der Waals surface area (Å²) in [5.74, 6) is -1.63. The summed E-state index contributed by atoms with van der Waals surface area (Å²) in [5, 5.41) is 0.674. The number of benzene rings is 2. The van der Waals surface area contributed by atoms with Gasteiger partial charge in [-0.15, -0.1) is 0 Å². The Morgan fingerprint density at radius 3 is 2.27 bits per heavy atom. The molecule has 2 aromatic carbocycles. The first-order valence-corrected chi connectivity index (χ1v) is 10.2. The van der Waals surface area contributed by atoms with Crippen molar-refractivity contribution in [3.05, 3.63) is 69.0 Å². The number of carbonyl (C=O) groups excluding carboxylic acids is 1. The van der Waals surface area contributed by atoms with E-state index in [1.165, 1.54) is 18.0 Å². The Hall–Kier alpha value is -1.79.